The fourth-order valence-corrected chi connectivity index (χ4v) is 2.36. The van der Waals surface area contributed by atoms with E-state index in [1.165, 1.54) is 24.3 Å². The molecule has 0 aliphatic carbocycles. The number of aromatic carboxylic acids is 2. The van der Waals surface area contributed by atoms with Crippen LogP contribution >= 0.6 is 0 Å². The van der Waals surface area contributed by atoms with Gasteiger partial charge < -0.3 is 30.8 Å². The van der Waals surface area contributed by atoms with Crippen LogP contribution in [-0.4, -0.2) is 42.8 Å². The number of aromatic nitrogens is 4. The molecular formula is C22H18N4O6Zn. The van der Waals surface area contributed by atoms with Gasteiger partial charge in [0.25, 0.3) is 0 Å². The molecule has 0 saturated carbocycles. The summed E-state index contributed by atoms with van der Waals surface area (Å²) in [7, 11) is 0. The van der Waals surface area contributed by atoms with E-state index in [1.54, 1.807) is 12.4 Å². The van der Waals surface area contributed by atoms with E-state index in [0.29, 0.717) is 11.4 Å². The number of carboxylic acids is 2. The third-order valence-corrected chi connectivity index (χ3v) is 3.85. The molecule has 0 bridgehead atoms. The van der Waals surface area contributed by atoms with E-state index in [4.69, 9.17) is 0 Å². The third-order valence-electron chi connectivity index (χ3n) is 3.85. The zero-order valence-corrected chi connectivity index (χ0v) is 20.2. The largest absolute Gasteiger partial charge is 2.00 e. The monoisotopic (exact) mass is 498 g/mol. The average molecular weight is 500 g/mol. The Kier molecular flexibility index (Phi) is 12.5. The molecular weight excluding hydrogens is 482 g/mol. The Morgan fingerprint density at radius 1 is 0.545 bits per heavy atom. The maximum atomic E-state index is 10.5. The van der Waals surface area contributed by atoms with E-state index >= 15 is 0 Å². The Morgan fingerprint density at radius 3 is 1.15 bits per heavy atom. The number of rotatable bonds is 4. The van der Waals surface area contributed by atoms with Crippen molar-refractivity contribution in [2.45, 2.75) is 0 Å². The van der Waals surface area contributed by atoms with Crippen molar-refractivity contribution in [1.29, 1.82) is 0 Å². The zero-order valence-electron chi connectivity index (χ0n) is 17.2. The van der Waals surface area contributed by atoms with Gasteiger partial charge >= 0.3 is 19.5 Å². The van der Waals surface area contributed by atoms with Gasteiger partial charge in [0.05, 0.1) is 34.7 Å². The van der Waals surface area contributed by atoms with E-state index in [2.05, 4.69) is 19.9 Å². The Hall–Kier alpha value is -3.92. The number of carbonyl (C=O) groups is 2. The van der Waals surface area contributed by atoms with Crippen LogP contribution in [0.25, 0.3) is 22.8 Å². The molecule has 0 saturated heterocycles. The molecule has 0 unspecified atom stereocenters. The van der Waals surface area contributed by atoms with Crippen molar-refractivity contribution in [2.24, 2.45) is 0 Å². The number of carboxylic acid groups (broad SMARTS) is 2. The zero-order chi connectivity index (χ0) is 21.3. The first-order chi connectivity index (χ1) is 14.5. The number of nitrogens with zero attached hydrogens (tertiary/aromatic N) is 4. The Bertz CT molecular complexity index is 1040. The molecule has 33 heavy (non-hydrogen) atoms. The van der Waals surface area contributed by atoms with Crippen LogP contribution in [0, 0.1) is 0 Å². The maximum Gasteiger partial charge on any atom is 2.00 e. The van der Waals surface area contributed by atoms with Gasteiger partial charge in [0.15, 0.2) is 0 Å². The van der Waals surface area contributed by atoms with Gasteiger partial charge in [-0.2, -0.15) is 0 Å². The number of carbonyl (C=O) groups excluding carboxylic acids is 2. The molecule has 0 radical (unpaired) electrons. The van der Waals surface area contributed by atoms with E-state index < -0.39 is 11.9 Å². The molecule has 11 heteroatoms. The van der Waals surface area contributed by atoms with Crippen molar-refractivity contribution in [3.05, 3.63) is 96.6 Å². The van der Waals surface area contributed by atoms with Crippen molar-refractivity contribution < 1.29 is 50.2 Å². The number of hydrogen-bond acceptors (Lipinski definition) is 8. The normalized spacial score (nSPS) is 8.97. The van der Waals surface area contributed by atoms with Crippen molar-refractivity contribution in [1.82, 2.24) is 19.9 Å². The molecule has 4 rings (SSSR count). The smallest absolute Gasteiger partial charge is 0.545 e. The van der Waals surface area contributed by atoms with E-state index in [9.17, 15) is 19.8 Å². The van der Waals surface area contributed by atoms with Crippen LogP contribution in [0.15, 0.2) is 85.5 Å². The molecule has 4 aromatic rings. The molecule has 0 aliphatic heterocycles. The molecule has 0 spiro atoms. The molecule has 0 aliphatic rings. The summed E-state index contributed by atoms with van der Waals surface area (Å²) in [4.78, 5) is 37.2. The maximum absolute atomic E-state index is 10.5. The average Bonchev–Trinajstić information content (AvgIpc) is 2.81. The SMILES string of the molecule is O.O.O=C([O-])c1ccc(-c2ccc(C(=O)[O-])cn2)nc1.[Zn+2].c1ccc(-c2ccccn2)nc1. The van der Waals surface area contributed by atoms with Crippen LogP contribution < -0.4 is 10.2 Å². The first-order valence-electron chi connectivity index (χ1n) is 8.72. The van der Waals surface area contributed by atoms with Crippen molar-refractivity contribution in [3.63, 3.8) is 0 Å². The van der Waals surface area contributed by atoms with E-state index in [0.717, 1.165) is 23.8 Å². The summed E-state index contributed by atoms with van der Waals surface area (Å²) in [6.07, 6.45) is 5.84. The fourth-order valence-electron chi connectivity index (χ4n) is 2.36. The molecule has 0 atom stereocenters. The topological polar surface area (TPSA) is 195 Å². The predicted molar refractivity (Wildman–Crippen MR) is 111 cm³/mol. The second-order valence-electron chi connectivity index (χ2n) is 5.87. The molecule has 164 valence electrons. The summed E-state index contributed by atoms with van der Waals surface area (Å²) >= 11 is 0. The number of pyridine rings is 4. The van der Waals surface area contributed by atoms with Crippen LogP contribution in [0.2, 0.25) is 0 Å². The van der Waals surface area contributed by atoms with Gasteiger partial charge in [-0.3, -0.25) is 19.9 Å². The summed E-state index contributed by atoms with van der Waals surface area (Å²) < 4.78 is 0. The summed E-state index contributed by atoms with van der Waals surface area (Å²) in [6, 6.07) is 17.2. The molecule has 10 nitrogen and oxygen atoms in total. The first kappa shape index (κ1) is 29.1. The quantitative estimate of drug-likeness (QED) is 0.330. The summed E-state index contributed by atoms with van der Waals surface area (Å²) in [5.41, 5.74) is 2.63. The van der Waals surface area contributed by atoms with Gasteiger partial charge in [0, 0.05) is 35.9 Å². The molecule has 0 amide bonds. The van der Waals surface area contributed by atoms with Crippen LogP contribution in [0.3, 0.4) is 0 Å². The van der Waals surface area contributed by atoms with Crippen LogP contribution in [0.5, 0.6) is 0 Å². The predicted octanol–water partition coefficient (Wildman–Crippen LogP) is -0.638. The van der Waals surface area contributed by atoms with Crippen molar-refractivity contribution in [2.75, 3.05) is 0 Å². The summed E-state index contributed by atoms with van der Waals surface area (Å²) in [6.45, 7) is 0. The van der Waals surface area contributed by atoms with Crippen LogP contribution in [-0.2, 0) is 19.5 Å². The summed E-state index contributed by atoms with van der Waals surface area (Å²) in [5.74, 6) is -2.62. The Morgan fingerprint density at radius 2 is 0.909 bits per heavy atom. The molecule has 4 heterocycles. The first-order valence-corrected chi connectivity index (χ1v) is 8.72. The second-order valence-corrected chi connectivity index (χ2v) is 5.87. The fraction of sp³-hybridized carbons (Fsp3) is 0. The van der Waals surface area contributed by atoms with Crippen molar-refractivity contribution >= 4 is 11.9 Å². The van der Waals surface area contributed by atoms with Gasteiger partial charge in [-0.1, -0.05) is 12.1 Å². The van der Waals surface area contributed by atoms with Crippen LogP contribution in [0.1, 0.15) is 20.7 Å². The Labute approximate surface area is 201 Å². The Balaban J connectivity index is 0.000000603. The summed E-state index contributed by atoms with van der Waals surface area (Å²) in [5, 5.41) is 21.1. The molecule has 0 aromatic carbocycles. The minimum atomic E-state index is -1.31. The molecule has 0 fully saturated rings. The van der Waals surface area contributed by atoms with E-state index in [-0.39, 0.29) is 41.6 Å². The van der Waals surface area contributed by atoms with Gasteiger partial charge in [0.2, 0.25) is 0 Å². The minimum absolute atomic E-state index is 0. The molecule has 4 N–H and O–H groups in total. The standard InChI is InChI=1S/C12H8N2O4.C10H8N2.2H2O.Zn/c15-11(16)7-1-3-9(13-5-7)10-4-2-8(6-14-10)12(17)18;1-3-7-11-9(5-1)10-6-2-4-8-12-10;;;/h1-6H,(H,15,16)(H,17,18);1-8H;2*1H2;/q;;;;+2/p-2. The second kappa shape index (κ2) is 14.2. The van der Waals surface area contributed by atoms with Crippen molar-refractivity contribution in [3.8, 4) is 22.8 Å². The van der Waals surface area contributed by atoms with Gasteiger partial charge in [0.1, 0.15) is 0 Å². The van der Waals surface area contributed by atoms with Crippen LogP contribution in [0.4, 0.5) is 0 Å². The molecule has 4 aromatic heterocycles. The van der Waals surface area contributed by atoms with Gasteiger partial charge in [-0.25, -0.2) is 0 Å². The van der Waals surface area contributed by atoms with Gasteiger partial charge in [-0.15, -0.1) is 0 Å². The van der Waals surface area contributed by atoms with Gasteiger partial charge in [-0.05, 0) is 48.5 Å². The minimum Gasteiger partial charge on any atom is -0.545 e. The number of hydrogen-bond donors (Lipinski definition) is 0. The van der Waals surface area contributed by atoms with E-state index in [1.807, 2.05) is 36.4 Å². The third kappa shape index (κ3) is 8.26.